The van der Waals surface area contributed by atoms with Crippen LogP contribution in [-0.4, -0.2) is 28.0 Å². The molecule has 2 aromatic heterocycles. The molecule has 24 heavy (non-hydrogen) atoms. The minimum absolute atomic E-state index is 0.315. The predicted molar refractivity (Wildman–Crippen MR) is 94.9 cm³/mol. The highest BCUT2D eigenvalue weighted by molar-refractivity contribution is 9.10. The Kier molecular flexibility index (Phi) is 5.38. The van der Waals surface area contributed by atoms with Gasteiger partial charge in [0.15, 0.2) is 0 Å². The van der Waals surface area contributed by atoms with Gasteiger partial charge in [0.1, 0.15) is 5.82 Å². The quantitative estimate of drug-likeness (QED) is 0.661. The third kappa shape index (κ3) is 3.71. The number of imidazole rings is 1. The van der Waals surface area contributed by atoms with Gasteiger partial charge in [0.05, 0.1) is 39.6 Å². The maximum absolute atomic E-state index is 13.3. The van der Waals surface area contributed by atoms with Crippen molar-refractivity contribution in [1.82, 2.24) is 20.3 Å². The monoisotopic (exact) mass is 389 g/mol. The molecule has 0 atom stereocenters. The topological polar surface area (TPSA) is 77.4 Å². The molecular formula is C17H17BrFN5. The van der Waals surface area contributed by atoms with Crippen LogP contribution < -0.4 is 5.32 Å². The zero-order valence-electron chi connectivity index (χ0n) is 13.0. The van der Waals surface area contributed by atoms with Gasteiger partial charge in [0, 0.05) is 17.9 Å². The number of hydrogen-bond acceptors (Lipinski definition) is 4. The minimum Gasteiger partial charge on any atom is -0.343 e. The molecule has 4 rings (SSSR count). The lowest BCUT2D eigenvalue weighted by Crippen LogP contribution is -2.27. The van der Waals surface area contributed by atoms with Crippen molar-refractivity contribution < 1.29 is 4.39 Å². The predicted octanol–water partition coefficient (Wildman–Crippen LogP) is 3.91. The van der Waals surface area contributed by atoms with Crippen LogP contribution in [0.3, 0.4) is 0 Å². The Morgan fingerprint density at radius 3 is 2.83 bits per heavy atom. The Balaban J connectivity index is 0.000000162. The number of fused-ring (bicyclic) bond motifs is 3. The Bertz CT molecular complexity index is 880. The van der Waals surface area contributed by atoms with E-state index in [9.17, 15) is 4.39 Å². The summed E-state index contributed by atoms with van der Waals surface area (Å²) in [4.78, 5) is 11.3. The van der Waals surface area contributed by atoms with Gasteiger partial charge < -0.3 is 10.3 Å². The molecule has 0 unspecified atom stereocenters. The van der Waals surface area contributed by atoms with Crippen molar-refractivity contribution in [3.8, 4) is 6.07 Å². The number of hydrogen-bond donors (Lipinski definition) is 2. The van der Waals surface area contributed by atoms with Gasteiger partial charge >= 0.3 is 0 Å². The van der Waals surface area contributed by atoms with Crippen molar-refractivity contribution in [2.45, 2.75) is 19.3 Å². The van der Waals surface area contributed by atoms with E-state index in [0.29, 0.717) is 15.9 Å². The zero-order valence-corrected chi connectivity index (χ0v) is 14.6. The molecule has 0 amide bonds. The molecule has 0 saturated carbocycles. The molecule has 1 saturated heterocycles. The van der Waals surface area contributed by atoms with Gasteiger partial charge in [-0.2, -0.15) is 5.26 Å². The summed E-state index contributed by atoms with van der Waals surface area (Å²) < 4.78 is 13.7. The molecule has 1 aromatic carbocycles. The Morgan fingerprint density at radius 1 is 1.29 bits per heavy atom. The van der Waals surface area contributed by atoms with Gasteiger partial charge in [-0.3, -0.25) is 4.98 Å². The lowest BCUT2D eigenvalue weighted by molar-refractivity contribution is 0.380. The number of nitrogens with zero attached hydrogens (tertiary/aromatic N) is 3. The molecule has 1 fully saturated rings. The van der Waals surface area contributed by atoms with E-state index in [1.807, 2.05) is 0 Å². The molecule has 3 heterocycles. The molecular weight excluding hydrogens is 373 g/mol. The summed E-state index contributed by atoms with van der Waals surface area (Å²) >= 11 is 3.15. The van der Waals surface area contributed by atoms with E-state index in [4.69, 9.17) is 5.26 Å². The number of aromatic nitrogens is 3. The average Bonchev–Trinajstić information content (AvgIpc) is 3.07. The number of H-pyrrole nitrogens is 1. The third-order valence-corrected chi connectivity index (χ3v) is 4.74. The first-order valence-corrected chi connectivity index (χ1v) is 8.63. The van der Waals surface area contributed by atoms with E-state index in [1.54, 1.807) is 18.6 Å². The van der Waals surface area contributed by atoms with Crippen molar-refractivity contribution in [1.29, 1.82) is 5.26 Å². The van der Waals surface area contributed by atoms with Crippen LogP contribution in [0.2, 0.25) is 0 Å². The Hall–Kier alpha value is -2.04. The van der Waals surface area contributed by atoms with Crippen molar-refractivity contribution >= 4 is 37.9 Å². The number of pyridine rings is 1. The van der Waals surface area contributed by atoms with E-state index in [0.717, 1.165) is 35.9 Å². The summed E-state index contributed by atoms with van der Waals surface area (Å²) in [6.07, 6.45) is 6.38. The van der Waals surface area contributed by atoms with Crippen LogP contribution in [0, 0.1) is 23.1 Å². The fraction of sp³-hybridized carbons (Fsp3) is 0.353. The van der Waals surface area contributed by atoms with E-state index in [-0.39, 0.29) is 5.82 Å². The molecule has 5 nitrogen and oxygen atoms in total. The molecule has 0 spiro atoms. The highest BCUT2D eigenvalue weighted by Crippen LogP contribution is 2.26. The maximum atomic E-state index is 13.3. The van der Waals surface area contributed by atoms with Crippen LogP contribution in [0.1, 0.15) is 19.3 Å². The Labute approximate surface area is 147 Å². The van der Waals surface area contributed by atoms with Crippen molar-refractivity contribution in [3.63, 3.8) is 0 Å². The highest BCUT2D eigenvalue weighted by atomic mass is 79.9. The van der Waals surface area contributed by atoms with Gasteiger partial charge in [0.2, 0.25) is 0 Å². The number of piperidine rings is 1. The van der Waals surface area contributed by atoms with Crippen LogP contribution in [-0.2, 0) is 0 Å². The maximum Gasteiger partial charge on any atom is 0.139 e. The number of aromatic amines is 1. The van der Waals surface area contributed by atoms with Crippen molar-refractivity contribution in [2.75, 3.05) is 13.1 Å². The molecule has 0 bridgehead atoms. The number of rotatable bonds is 1. The summed E-state index contributed by atoms with van der Waals surface area (Å²) in [6, 6.07) is 5.30. The molecule has 1 aliphatic heterocycles. The molecule has 3 aromatic rings. The molecule has 7 heteroatoms. The van der Waals surface area contributed by atoms with Gasteiger partial charge in [0.25, 0.3) is 0 Å². The smallest absolute Gasteiger partial charge is 0.139 e. The first-order valence-electron chi connectivity index (χ1n) is 7.83. The molecule has 1 aliphatic rings. The minimum atomic E-state index is -0.315. The lowest BCUT2D eigenvalue weighted by atomic mass is 9.96. The van der Waals surface area contributed by atoms with E-state index in [2.05, 4.69) is 42.3 Å². The summed E-state index contributed by atoms with van der Waals surface area (Å²) in [6.45, 7) is 2.21. The van der Waals surface area contributed by atoms with Gasteiger partial charge in [-0.25, -0.2) is 9.37 Å². The van der Waals surface area contributed by atoms with E-state index < -0.39 is 0 Å². The third-order valence-electron chi connectivity index (χ3n) is 4.13. The molecule has 0 aliphatic carbocycles. The number of nitrogens with one attached hydrogen (secondary N) is 2. The second-order valence-corrected chi connectivity index (χ2v) is 6.62. The van der Waals surface area contributed by atoms with Crippen LogP contribution in [0.4, 0.5) is 4.39 Å². The summed E-state index contributed by atoms with van der Waals surface area (Å²) in [5.74, 6) is 0.362. The first-order chi connectivity index (χ1) is 11.7. The van der Waals surface area contributed by atoms with Gasteiger partial charge in [-0.1, -0.05) is 0 Å². The number of nitriles is 1. The summed E-state index contributed by atoms with van der Waals surface area (Å²) in [5, 5.41) is 12.4. The molecule has 124 valence electrons. The summed E-state index contributed by atoms with van der Waals surface area (Å²) in [5.41, 5.74) is 2.26. The molecule has 0 radical (unpaired) electrons. The van der Waals surface area contributed by atoms with Crippen molar-refractivity contribution in [3.05, 3.63) is 34.9 Å². The standard InChI is InChI=1S/C10H5BrFN3.C7H12N2/c11-6-1-5-8(2-7(6)12)13-3-9-10(5)15-4-14-9;8-4-1-7-2-5-9-6-3-7/h1-4H,(H,14,15);7,9H,1-3,5-6H2. The lowest BCUT2D eigenvalue weighted by Gasteiger charge is -2.19. The van der Waals surface area contributed by atoms with Crippen LogP contribution >= 0.6 is 15.9 Å². The number of halogens is 2. The number of benzene rings is 1. The first kappa shape index (κ1) is 16.8. The second-order valence-electron chi connectivity index (χ2n) is 5.76. The fourth-order valence-corrected chi connectivity index (χ4v) is 3.14. The summed E-state index contributed by atoms with van der Waals surface area (Å²) in [7, 11) is 0. The fourth-order valence-electron chi connectivity index (χ4n) is 2.80. The largest absolute Gasteiger partial charge is 0.343 e. The normalized spacial score (nSPS) is 15.0. The van der Waals surface area contributed by atoms with Crippen LogP contribution in [0.5, 0.6) is 0 Å². The van der Waals surface area contributed by atoms with E-state index in [1.165, 1.54) is 18.9 Å². The van der Waals surface area contributed by atoms with Gasteiger partial charge in [-0.05, 0) is 53.8 Å². The van der Waals surface area contributed by atoms with Crippen LogP contribution in [0.25, 0.3) is 21.9 Å². The highest BCUT2D eigenvalue weighted by Gasteiger charge is 2.11. The average molecular weight is 390 g/mol. The van der Waals surface area contributed by atoms with Gasteiger partial charge in [-0.15, -0.1) is 0 Å². The Morgan fingerprint density at radius 2 is 2.08 bits per heavy atom. The molecule has 2 N–H and O–H groups in total. The second kappa shape index (κ2) is 7.69. The van der Waals surface area contributed by atoms with Crippen LogP contribution in [0.15, 0.2) is 29.1 Å². The SMILES string of the molecule is Fc1cc2ncc3[nH]cnc3c2cc1Br.N#CCC1CCNCC1. The van der Waals surface area contributed by atoms with Crippen molar-refractivity contribution in [2.24, 2.45) is 5.92 Å². The van der Waals surface area contributed by atoms with E-state index >= 15 is 0 Å². The zero-order chi connectivity index (χ0) is 16.9.